The lowest BCUT2D eigenvalue weighted by atomic mass is 9.82. The summed E-state index contributed by atoms with van der Waals surface area (Å²) < 4.78 is 15.9. The van der Waals surface area contributed by atoms with Crippen molar-refractivity contribution in [1.82, 2.24) is 0 Å². The molecule has 2 atom stereocenters. The summed E-state index contributed by atoms with van der Waals surface area (Å²) in [4.78, 5) is 0. The molecule has 0 aliphatic carbocycles. The second-order valence-corrected chi connectivity index (χ2v) is 5.78. The van der Waals surface area contributed by atoms with Crippen LogP contribution in [0.25, 0.3) is 0 Å². The van der Waals surface area contributed by atoms with Gasteiger partial charge in [0.15, 0.2) is 0 Å². The van der Waals surface area contributed by atoms with Crippen LogP contribution < -0.4 is 19.9 Å². The molecule has 5 nitrogen and oxygen atoms in total. The van der Waals surface area contributed by atoms with Crippen LogP contribution in [0, 0.1) is 5.41 Å². The van der Waals surface area contributed by atoms with Crippen LogP contribution >= 0.6 is 12.4 Å². The third kappa shape index (κ3) is 4.40. The first kappa shape index (κ1) is 19.8. The van der Waals surface area contributed by atoms with Gasteiger partial charge < -0.3 is 25.1 Å². The fourth-order valence-electron chi connectivity index (χ4n) is 2.06. The topological polar surface area (TPSA) is 73.9 Å². The molecular formula is C15H26ClNO4. The highest BCUT2D eigenvalue weighted by molar-refractivity contribution is 5.85. The minimum atomic E-state index is -0.737. The Balaban J connectivity index is 0.00000400. The van der Waals surface area contributed by atoms with Crippen LogP contribution in [0.2, 0.25) is 0 Å². The van der Waals surface area contributed by atoms with E-state index in [0.29, 0.717) is 22.8 Å². The maximum atomic E-state index is 10.4. The molecule has 0 aliphatic heterocycles. The van der Waals surface area contributed by atoms with Gasteiger partial charge in [0.25, 0.3) is 0 Å². The molecule has 1 aromatic carbocycles. The maximum Gasteiger partial charge on any atom is 0.131 e. The Hall–Kier alpha value is -1.17. The Kier molecular flexibility index (Phi) is 7.30. The fraction of sp³-hybridized carbons (Fsp3) is 0.600. The third-order valence-corrected chi connectivity index (χ3v) is 3.31. The predicted octanol–water partition coefficient (Wildman–Crippen LogP) is 2.54. The number of rotatable bonds is 5. The van der Waals surface area contributed by atoms with Crippen LogP contribution in [-0.2, 0) is 0 Å². The largest absolute Gasteiger partial charge is 0.496 e. The third-order valence-electron chi connectivity index (χ3n) is 3.31. The van der Waals surface area contributed by atoms with Gasteiger partial charge in [-0.3, -0.25) is 0 Å². The average molecular weight is 320 g/mol. The maximum absolute atomic E-state index is 10.4. The first-order chi connectivity index (χ1) is 9.26. The van der Waals surface area contributed by atoms with Crippen LogP contribution in [0.3, 0.4) is 0 Å². The highest BCUT2D eigenvalue weighted by Gasteiger charge is 2.33. The van der Waals surface area contributed by atoms with Crippen molar-refractivity contribution >= 4 is 12.4 Å². The summed E-state index contributed by atoms with van der Waals surface area (Å²) >= 11 is 0. The van der Waals surface area contributed by atoms with E-state index in [-0.39, 0.29) is 17.8 Å². The molecule has 6 heteroatoms. The number of methoxy groups -OCH3 is 3. The summed E-state index contributed by atoms with van der Waals surface area (Å²) in [5.41, 5.74) is 6.50. The van der Waals surface area contributed by atoms with Gasteiger partial charge in [-0.25, -0.2) is 0 Å². The highest BCUT2D eigenvalue weighted by Crippen LogP contribution is 2.41. The second-order valence-electron chi connectivity index (χ2n) is 5.78. The Bertz CT molecular complexity index is 434. The van der Waals surface area contributed by atoms with Crippen LogP contribution in [0.15, 0.2) is 12.1 Å². The van der Waals surface area contributed by atoms with Crippen LogP contribution in [0.5, 0.6) is 17.2 Å². The van der Waals surface area contributed by atoms with E-state index in [1.165, 1.54) is 0 Å². The molecule has 0 fully saturated rings. The molecule has 1 rings (SSSR count). The molecule has 0 heterocycles. The van der Waals surface area contributed by atoms with E-state index in [1.54, 1.807) is 33.5 Å². The smallest absolute Gasteiger partial charge is 0.131 e. The molecule has 0 spiro atoms. The molecular weight excluding hydrogens is 294 g/mol. The Morgan fingerprint density at radius 3 is 1.71 bits per heavy atom. The summed E-state index contributed by atoms with van der Waals surface area (Å²) in [7, 11) is 4.67. The van der Waals surface area contributed by atoms with Gasteiger partial charge in [0.05, 0.1) is 39.0 Å². The Morgan fingerprint density at radius 2 is 1.43 bits per heavy atom. The van der Waals surface area contributed by atoms with Crippen molar-refractivity contribution in [3.05, 3.63) is 17.7 Å². The Morgan fingerprint density at radius 1 is 1.00 bits per heavy atom. The number of ether oxygens (including phenoxy) is 3. The zero-order valence-corrected chi connectivity index (χ0v) is 14.3. The number of aliphatic hydroxyl groups excluding tert-OH is 1. The van der Waals surface area contributed by atoms with Gasteiger partial charge in [0.2, 0.25) is 0 Å². The standard InChI is InChI=1S/C15H25NO4.ClH/c1-15(2,3)14(17)13(16)12-10(19-5)7-9(18-4)8-11(12)20-6;/h7-8,13-14,17H,16H2,1-6H3;1H/t13-,14-;/m0./s1. The van der Waals surface area contributed by atoms with Gasteiger partial charge in [-0.15, -0.1) is 12.4 Å². The van der Waals surface area contributed by atoms with E-state index in [1.807, 2.05) is 20.8 Å². The van der Waals surface area contributed by atoms with Crippen molar-refractivity contribution in [3.8, 4) is 17.2 Å². The van der Waals surface area contributed by atoms with E-state index in [9.17, 15) is 5.11 Å². The van der Waals surface area contributed by atoms with Gasteiger partial charge in [0, 0.05) is 12.1 Å². The number of hydrogen-bond acceptors (Lipinski definition) is 5. The molecule has 0 saturated heterocycles. The summed E-state index contributed by atoms with van der Waals surface area (Å²) in [6.07, 6.45) is -0.737. The zero-order chi connectivity index (χ0) is 15.5. The molecule has 122 valence electrons. The highest BCUT2D eigenvalue weighted by atomic mass is 35.5. The van der Waals surface area contributed by atoms with Gasteiger partial charge >= 0.3 is 0 Å². The van der Waals surface area contributed by atoms with Gasteiger partial charge in [-0.2, -0.15) is 0 Å². The lowest BCUT2D eigenvalue weighted by Crippen LogP contribution is -2.37. The number of benzene rings is 1. The Labute approximate surface area is 132 Å². The van der Waals surface area contributed by atoms with Crippen molar-refractivity contribution in [1.29, 1.82) is 0 Å². The monoisotopic (exact) mass is 319 g/mol. The molecule has 0 amide bonds. The predicted molar refractivity (Wildman–Crippen MR) is 85.7 cm³/mol. The van der Waals surface area contributed by atoms with E-state index in [0.717, 1.165) is 0 Å². The van der Waals surface area contributed by atoms with Gasteiger partial charge in [-0.1, -0.05) is 20.8 Å². The SMILES string of the molecule is COc1cc(OC)c([C@H](N)[C@H](O)C(C)(C)C)c(OC)c1.Cl. The molecule has 1 aromatic rings. The van der Waals surface area contributed by atoms with Crippen LogP contribution in [-0.4, -0.2) is 32.5 Å². The molecule has 0 aliphatic rings. The second kappa shape index (κ2) is 7.73. The van der Waals surface area contributed by atoms with E-state index >= 15 is 0 Å². The van der Waals surface area contributed by atoms with E-state index in [2.05, 4.69) is 0 Å². The summed E-state index contributed by atoms with van der Waals surface area (Å²) in [5, 5.41) is 10.4. The van der Waals surface area contributed by atoms with Gasteiger partial charge in [-0.05, 0) is 5.41 Å². The summed E-state index contributed by atoms with van der Waals surface area (Å²) in [5.74, 6) is 1.69. The van der Waals surface area contributed by atoms with Crippen molar-refractivity contribution < 1.29 is 19.3 Å². The van der Waals surface area contributed by atoms with Crippen LogP contribution in [0.1, 0.15) is 32.4 Å². The number of hydrogen-bond donors (Lipinski definition) is 2. The zero-order valence-electron chi connectivity index (χ0n) is 13.5. The molecule has 0 aromatic heterocycles. The molecule has 0 bridgehead atoms. The lowest BCUT2D eigenvalue weighted by Gasteiger charge is -2.32. The van der Waals surface area contributed by atoms with Gasteiger partial charge in [0.1, 0.15) is 17.2 Å². The van der Waals surface area contributed by atoms with E-state index < -0.39 is 12.1 Å². The molecule has 3 N–H and O–H groups in total. The molecule has 0 radical (unpaired) electrons. The molecule has 0 unspecified atom stereocenters. The number of nitrogens with two attached hydrogens (primary N) is 1. The number of halogens is 1. The summed E-state index contributed by atoms with van der Waals surface area (Å²) in [6.45, 7) is 5.79. The first-order valence-electron chi connectivity index (χ1n) is 6.49. The van der Waals surface area contributed by atoms with Crippen molar-refractivity contribution in [3.63, 3.8) is 0 Å². The van der Waals surface area contributed by atoms with Crippen molar-refractivity contribution in [2.24, 2.45) is 11.1 Å². The average Bonchev–Trinajstić information content (AvgIpc) is 2.42. The summed E-state index contributed by atoms with van der Waals surface area (Å²) in [6, 6.07) is 2.84. The lowest BCUT2D eigenvalue weighted by molar-refractivity contribution is 0.0387. The molecule has 21 heavy (non-hydrogen) atoms. The fourth-order valence-corrected chi connectivity index (χ4v) is 2.06. The van der Waals surface area contributed by atoms with E-state index in [4.69, 9.17) is 19.9 Å². The minimum Gasteiger partial charge on any atom is -0.496 e. The quantitative estimate of drug-likeness (QED) is 0.872. The van der Waals surface area contributed by atoms with Crippen molar-refractivity contribution in [2.45, 2.75) is 32.9 Å². The van der Waals surface area contributed by atoms with Crippen molar-refractivity contribution in [2.75, 3.05) is 21.3 Å². The minimum absolute atomic E-state index is 0. The normalized spacial score (nSPS) is 13.9. The first-order valence-corrected chi connectivity index (χ1v) is 6.49. The molecule has 0 saturated carbocycles. The number of aliphatic hydroxyl groups is 1. The van der Waals surface area contributed by atoms with Crippen LogP contribution in [0.4, 0.5) is 0 Å².